The molecule has 2 heterocycles. The van der Waals surface area contributed by atoms with E-state index in [2.05, 4.69) is 15.9 Å². The third-order valence-corrected chi connectivity index (χ3v) is 4.88. The van der Waals surface area contributed by atoms with Gasteiger partial charge >= 0.3 is 0 Å². The van der Waals surface area contributed by atoms with Crippen LogP contribution in [0.1, 0.15) is 31.2 Å². The molecule has 3 rings (SSSR count). The SMILES string of the molecule is Cl.O=C(C1CCN(Cc2cccc(Cl)c2)CC1)N1CCCC1. The summed E-state index contributed by atoms with van der Waals surface area (Å²) < 4.78 is 0. The van der Waals surface area contributed by atoms with Crippen molar-refractivity contribution in [3.63, 3.8) is 0 Å². The normalized spacial score (nSPS) is 20.0. The van der Waals surface area contributed by atoms with E-state index in [4.69, 9.17) is 11.6 Å². The van der Waals surface area contributed by atoms with Crippen molar-refractivity contribution >= 4 is 29.9 Å². The summed E-state index contributed by atoms with van der Waals surface area (Å²) in [7, 11) is 0. The van der Waals surface area contributed by atoms with Crippen LogP contribution in [0.25, 0.3) is 0 Å². The number of carbonyl (C=O) groups is 1. The second-order valence-electron chi connectivity index (χ2n) is 6.21. The first-order valence-electron chi connectivity index (χ1n) is 7.98. The highest BCUT2D eigenvalue weighted by atomic mass is 35.5. The molecule has 2 saturated heterocycles. The lowest BCUT2D eigenvalue weighted by Crippen LogP contribution is -2.41. The summed E-state index contributed by atoms with van der Waals surface area (Å²) in [5.74, 6) is 0.647. The van der Waals surface area contributed by atoms with Gasteiger partial charge in [0.2, 0.25) is 5.91 Å². The molecule has 3 nitrogen and oxygen atoms in total. The van der Waals surface area contributed by atoms with E-state index in [1.807, 2.05) is 18.2 Å². The number of rotatable bonds is 3. The Labute approximate surface area is 144 Å². The molecule has 0 unspecified atom stereocenters. The molecule has 22 heavy (non-hydrogen) atoms. The van der Waals surface area contributed by atoms with Crippen LogP contribution in [0.5, 0.6) is 0 Å². The van der Waals surface area contributed by atoms with Crippen LogP contribution < -0.4 is 0 Å². The van der Waals surface area contributed by atoms with Crippen LogP contribution in [0.4, 0.5) is 0 Å². The minimum absolute atomic E-state index is 0. The molecule has 0 aromatic heterocycles. The van der Waals surface area contributed by atoms with Crippen molar-refractivity contribution in [3.05, 3.63) is 34.9 Å². The smallest absolute Gasteiger partial charge is 0.225 e. The molecular formula is C17H24Cl2N2O. The summed E-state index contributed by atoms with van der Waals surface area (Å²) in [5, 5.41) is 0.798. The van der Waals surface area contributed by atoms with Gasteiger partial charge in [-0.2, -0.15) is 0 Å². The quantitative estimate of drug-likeness (QED) is 0.837. The molecule has 1 amide bonds. The number of nitrogens with zero attached hydrogens (tertiary/aromatic N) is 2. The van der Waals surface area contributed by atoms with Gasteiger partial charge < -0.3 is 4.90 Å². The molecule has 0 bridgehead atoms. The maximum Gasteiger partial charge on any atom is 0.225 e. The molecule has 122 valence electrons. The van der Waals surface area contributed by atoms with Gasteiger partial charge in [0.05, 0.1) is 0 Å². The molecule has 0 aliphatic carbocycles. The fourth-order valence-electron chi connectivity index (χ4n) is 3.43. The standard InChI is InChI=1S/C17H23ClN2O.ClH/c18-16-5-3-4-14(12-16)13-19-10-6-15(7-11-19)17(21)20-8-1-2-9-20;/h3-5,12,15H,1-2,6-11,13H2;1H. The molecule has 0 saturated carbocycles. The van der Waals surface area contributed by atoms with Crippen LogP contribution in [0.15, 0.2) is 24.3 Å². The van der Waals surface area contributed by atoms with Crippen molar-refractivity contribution in [3.8, 4) is 0 Å². The van der Waals surface area contributed by atoms with Crippen LogP contribution in [0.2, 0.25) is 5.02 Å². The Kier molecular flexibility index (Phi) is 6.54. The minimum Gasteiger partial charge on any atom is -0.342 e. The van der Waals surface area contributed by atoms with Crippen molar-refractivity contribution in [1.29, 1.82) is 0 Å². The van der Waals surface area contributed by atoms with Gasteiger partial charge in [0.15, 0.2) is 0 Å². The zero-order valence-corrected chi connectivity index (χ0v) is 14.4. The van der Waals surface area contributed by atoms with E-state index in [-0.39, 0.29) is 18.3 Å². The molecule has 0 spiro atoms. The predicted molar refractivity (Wildman–Crippen MR) is 92.5 cm³/mol. The largest absolute Gasteiger partial charge is 0.342 e. The van der Waals surface area contributed by atoms with Gasteiger partial charge in [0.25, 0.3) is 0 Å². The first kappa shape index (κ1) is 17.6. The van der Waals surface area contributed by atoms with E-state index >= 15 is 0 Å². The Hall–Kier alpha value is -0.770. The Morgan fingerprint density at radius 2 is 1.82 bits per heavy atom. The van der Waals surface area contributed by atoms with Crippen molar-refractivity contribution in [2.45, 2.75) is 32.2 Å². The van der Waals surface area contributed by atoms with E-state index in [9.17, 15) is 4.79 Å². The van der Waals surface area contributed by atoms with Crippen molar-refractivity contribution in [1.82, 2.24) is 9.80 Å². The van der Waals surface area contributed by atoms with Gasteiger partial charge in [-0.25, -0.2) is 0 Å². The Balaban J connectivity index is 0.00000176. The van der Waals surface area contributed by atoms with Crippen LogP contribution >= 0.6 is 24.0 Å². The lowest BCUT2D eigenvalue weighted by atomic mass is 9.95. The molecule has 1 aromatic rings. The number of likely N-dealkylation sites (tertiary alicyclic amines) is 2. The number of piperidine rings is 1. The second kappa shape index (κ2) is 8.19. The number of hydrogen-bond donors (Lipinski definition) is 0. The lowest BCUT2D eigenvalue weighted by molar-refractivity contribution is -0.136. The number of halogens is 2. The molecule has 5 heteroatoms. The van der Waals surface area contributed by atoms with E-state index in [0.717, 1.165) is 50.6 Å². The summed E-state index contributed by atoms with van der Waals surface area (Å²) in [6.45, 7) is 4.90. The zero-order valence-electron chi connectivity index (χ0n) is 12.8. The number of benzene rings is 1. The van der Waals surface area contributed by atoms with Crippen LogP contribution in [0, 0.1) is 5.92 Å². The van der Waals surface area contributed by atoms with Crippen LogP contribution in [-0.4, -0.2) is 41.9 Å². The predicted octanol–water partition coefficient (Wildman–Crippen LogP) is 3.60. The highest BCUT2D eigenvalue weighted by Crippen LogP contribution is 2.23. The number of carbonyl (C=O) groups excluding carboxylic acids is 1. The molecule has 2 aliphatic heterocycles. The summed E-state index contributed by atoms with van der Waals surface area (Å²) in [6.07, 6.45) is 4.35. The number of amides is 1. The van der Waals surface area contributed by atoms with E-state index in [1.54, 1.807) is 0 Å². The highest BCUT2D eigenvalue weighted by Gasteiger charge is 2.29. The average molecular weight is 343 g/mol. The van der Waals surface area contributed by atoms with Crippen molar-refractivity contribution < 1.29 is 4.79 Å². The summed E-state index contributed by atoms with van der Waals surface area (Å²) in [4.78, 5) is 16.9. The maximum absolute atomic E-state index is 12.4. The van der Waals surface area contributed by atoms with Gasteiger partial charge in [-0.3, -0.25) is 9.69 Å². The third-order valence-electron chi connectivity index (χ3n) is 4.65. The Morgan fingerprint density at radius 3 is 2.45 bits per heavy atom. The Bertz CT molecular complexity index is 495. The monoisotopic (exact) mass is 342 g/mol. The van der Waals surface area contributed by atoms with Gasteiger partial charge in [-0.05, 0) is 56.5 Å². The molecule has 0 N–H and O–H groups in total. The first-order chi connectivity index (χ1) is 10.2. The fourth-order valence-corrected chi connectivity index (χ4v) is 3.64. The highest BCUT2D eigenvalue weighted by molar-refractivity contribution is 6.30. The lowest BCUT2D eigenvalue weighted by Gasteiger charge is -2.33. The molecular weight excluding hydrogens is 319 g/mol. The molecule has 0 radical (unpaired) electrons. The van der Waals surface area contributed by atoms with E-state index < -0.39 is 0 Å². The second-order valence-corrected chi connectivity index (χ2v) is 6.65. The molecule has 2 aliphatic rings. The molecule has 1 aromatic carbocycles. The molecule has 2 fully saturated rings. The topological polar surface area (TPSA) is 23.6 Å². The fraction of sp³-hybridized carbons (Fsp3) is 0.588. The summed E-state index contributed by atoms with van der Waals surface area (Å²) in [6, 6.07) is 8.06. The van der Waals surface area contributed by atoms with E-state index in [0.29, 0.717) is 5.91 Å². The Morgan fingerprint density at radius 1 is 1.14 bits per heavy atom. The van der Waals surface area contributed by atoms with Crippen LogP contribution in [-0.2, 0) is 11.3 Å². The van der Waals surface area contributed by atoms with Crippen molar-refractivity contribution in [2.75, 3.05) is 26.2 Å². The van der Waals surface area contributed by atoms with Crippen LogP contribution in [0.3, 0.4) is 0 Å². The summed E-state index contributed by atoms with van der Waals surface area (Å²) >= 11 is 6.03. The maximum atomic E-state index is 12.4. The van der Waals surface area contributed by atoms with Crippen molar-refractivity contribution in [2.24, 2.45) is 5.92 Å². The minimum atomic E-state index is 0. The zero-order chi connectivity index (χ0) is 14.7. The first-order valence-corrected chi connectivity index (χ1v) is 8.36. The van der Waals surface area contributed by atoms with E-state index in [1.165, 1.54) is 18.4 Å². The van der Waals surface area contributed by atoms with Gasteiger partial charge in [-0.1, -0.05) is 23.7 Å². The van der Waals surface area contributed by atoms with Gasteiger partial charge in [0.1, 0.15) is 0 Å². The molecule has 0 atom stereocenters. The van der Waals surface area contributed by atoms with Gasteiger partial charge in [-0.15, -0.1) is 12.4 Å². The average Bonchev–Trinajstić information content (AvgIpc) is 3.01. The third kappa shape index (κ3) is 4.37. The van der Waals surface area contributed by atoms with Gasteiger partial charge in [0, 0.05) is 30.6 Å². The summed E-state index contributed by atoms with van der Waals surface area (Å²) in [5.41, 5.74) is 1.26. The number of hydrogen-bond acceptors (Lipinski definition) is 2.